The van der Waals surface area contributed by atoms with Gasteiger partial charge in [-0.1, -0.05) is 50.2 Å². The number of benzene rings is 2. The molecule has 1 N–H and O–H groups in total. The number of phenols is 1. The minimum Gasteiger partial charge on any atom is -0.508 e. The maximum absolute atomic E-state index is 14.4. The summed E-state index contributed by atoms with van der Waals surface area (Å²) < 4.78 is 29.5. The van der Waals surface area contributed by atoms with Crippen molar-refractivity contribution in [2.45, 2.75) is 44.5 Å². The molecule has 0 saturated carbocycles. The molecule has 4 aromatic rings. The van der Waals surface area contributed by atoms with Gasteiger partial charge in [0.25, 0.3) is 21.6 Å². The highest BCUT2D eigenvalue weighted by Crippen LogP contribution is 2.31. The summed E-state index contributed by atoms with van der Waals surface area (Å²) in [5, 5.41) is 22.6. The summed E-state index contributed by atoms with van der Waals surface area (Å²) in [7, 11) is -4.62. The van der Waals surface area contributed by atoms with Crippen molar-refractivity contribution >= 4 is 21.6 Å². The number of carbonyl (C=O) groups is 1. The Balaban J connectivity index is 1.79. The number of carbonyl (C=O) groups excluding carboxylic acids is 1. The number of hydrogen-bond donors (Lipinski definition) is 1. The number of nitrogens with zero attached hydrogens (tertiary/aromatic N) is 5. The molecule has 224 valence electrons. The lowest BCUT2D eigenvalue weighted by atomic mass is 10.0. The van der Waals surface area contributed by atoms with E-state index in [-0.39, 0.29) is 25.4 Å². The molecule has 2 heterocycles. The summed E-state index contributed by atoms with van der Waals surface area (Å²) in [4.78, 5) is 39.1. The predicted molar refractivity (Wildman–Crippen MR) is 156 cm³/mol. The molecule has 2 aromatic carbocycles. The van der Waals surface area contributed by atoms with Crippen LogP contribution in [0, 0.1) is 16.0 Å². The van der Waals surface area contributed by atoms with Crippen LogP contribution in [0.2, 0.25) is 0 Å². The van der Waals surface area contributed by atoms with E-state index in [0.29, 0.717) is 16.7 Å². The molecule has 1 atom stereocenters. The first-order chi connectivity index (χ1) is 20.6. The zero-order chi connectivity index (χ0) is 31.0. The van der Waals surface area contributed by atoms with Crippen molar-refractivity contribution in [3.05, 3.63) is 124 Å². The quantitative estimate of drug-likeness (QED) is 0.172. The van der Waals surface area contributed by atoms with Gasteiger partial charge in [0.1, 0.15) is 18.4 Å². The van der Waals surface area contributed by atoms with E-state index >= 15 is 0 Å². The van der Waals surface area contributed by atoms with Gasteiger partial charge in [-0.25, -0.2) is 13.5 Å². The van der Waals surface area contributed by atoms with E-state index in [1.807, 2.05) is 0 Å². The standard InChI is InChI=1S/C30H31N5O7S/c1-22(2)29(30(37)33(19-24-7-5-15-31-17-24)42-21-23-11-13-26(36)14-12-23)34(20-25-8-6-16-32-18-25)43(40,41)28-10-4-3-9-27(28)35(38)39/h3-18,22,29,36H,19-21H2,1-2H3/t29-/m0/s1. The van der Waals surface area contributed by atoms with Crippen LogP contribution >= 0.6 is 0 Å². The number of hydrogen-bond acceptors (Lipinski definition) is 9. The van der Waals surface area contributed by atoms with Gasteiger partial charge in [0.15, 0.2) is 4.90 Å². The third-order valence-corrected chi connectivity index (χ3v) is 8.40. The molecule has 0 bridgehead atoms. The molecule has 12 nitrogen and oxygen atoms in total. The summed E-state index contributed by atoms with van der Waals surface area (Å²) >= 11 is 0. The molecule has 0 aliphatic rings. The Morgan fingerprint density at radius 3 is 2.07 bits per heavy atom. The Hall–Kier alpha value is -4.72. The first-order valence-corrected chi connectivity index (χ1v) is 14.8. The summed E-state index contributed by atoms with van der Waals surface area (Å²) in [5.41, 5.74) is 1.16. The van der Waals surface area contributed by atoms with Crippen molar-refractivity contribution in [3.8, 4) is 5.75 Å². The molecule has 0 spiro atoms. The van der Waals surface area contributed by atoms with Gasteiger partial charge in [0.05, 0.1) is 11.5 Å². The number of pyridine rings is 2. The van der Waals surface area contributed by atoms with E-state index in [1.54, 1.807) is 62.6 Å². The fourth-order valence-corrected chi connectivity index (χ4v) is 6.30. The van der Waals surface area contributed by atoms with E-state index in [2.05, 4.69) is 9.97 Å². The molecule has 0 aliphatic carbocycles. The lowest BCUT2D eigenvalue weighted by molar-refractivity contribution is -0.387. The second-order valence-electron chi connectivity index (χ2n) is 10.0. The molecule has 13 heteroatoms. The van der Waals surface area contributed by atoms with Crippen LogP contribution in [0.3, 0.4) is 0 Å². The van der Waals surface area contributed by atoms with Crippen LogP contribution in [-0.2, 0) is 39.4 Å². The van der Waals surface area contributed by atoms with Gasteiger partial charge in [-0.3, -0.25) is 29.7 Å². The first kappa shape index (κ1) is 31.2. The normalized spacial score (nSPS) is 12.3. The fourth-order valence-electron chi connectivity index (χ4n) is 4.43. The highest BCUT2D eigenvalue weighted by atomic mass is 32.2. The minimum absolute atomic E-state index is 0.0553. The van der Waals surface area contributed by atoms with Crippen LogP contribution in [0.1, 0.15) is 30.5 Å². The Morgan fingerprint density at radius 2 is 1.51 bits per heavy atom. The van der Waals surface area contributed by atoms with Crippen LogP contribution in [0.4, 0.5) is 5.69 Å². The summed E-state index contributed by atoms with van der Waals surface area (Å²) in [6.45, 7) is 2.98. The van der Waals surface area contributed by atoms with Gasteiger partial charge in [0.2, 0.25) is 0 Å². The molecule has 43 heavy (non-hydrogen) atoms. The van der Waals surface area contributed by atoms with Crippen molar-refractivity contribution in [1.29, 1.82) is 0 Å². The molecule has 1 amide bonds. The lowest BCUT2D eigenvalue weighted by Gasteiger charge is -2.35. The van der Waals surface area contributed by atoms with E-state index in [9.17, 15) is 28.4 Å². The van der Waals surface area contributed by atoms with Gasteiger partial charge in [0, 0.05) is 37.4 Å². The smallest absolute Gasteiger partial charge is 0.289 e. The van der Waals surface area contributed by atoms with E-state index in [0.717, 1.165) is 21.5 Å². The second-order valence-corrected chi connectivity index (χ2v) is 11.9. The Kier molecular flexibility index (Phi) is 10.1. The molecule has 0 saturated heterocycles. The SMILES string of the molecule is CC(C)[C@@H](C(=O)N(Cc1cccnc1)OCc1ccc(O)cc1)N(Cc1cccnc1)S(=O)(=O)c1ccccc1[N+](=O)[O-]. The van der Waals surface area contributed by atoms with Crippen LogP contribution < -0.4 is 0 Å². The van der Waals surface area contributed by atoms with Crippen LogP contribution in [0.25, 0.3) is 0 Å². The van der Waals surface area contributed by atoms with Gasteiger partial charge in [-0.05, 0) is 52.9 Å². The largest absolute Gasteiger partial charge is 0.508 e. The molecule has 4 rings (SSSR count). The summed E-state index contributed by atoms with van der Waals surface area (Å²) in [6, 6.07) is 16.7. The Bertz CT molecular complexity index is 1640. The van der Waals surface area contributed by atoms with Gasteiger partial charge in [-0.2, -0.15) is 4.31 Å². The Morgan fingerprint density at radius 1 is 0.907 bits per heavy atom. The first-order valence-electron chi connectivity index (χ1n) is 13.3. The summed E-state index contributed by atoms with van der Waals surface area (Å²) in [6.07, 6.45) is 6.14. The lowest BCUT2D eigenvalue weighted by Crippen LogP contribution is -2.52. The van der Waals surface area contributed by atoms with Gasteiger partial charge >= 0.3 is 0 Å². The molecular weight excluding hydrogens is 574 g/mol. The van der Waals surface area contributed by atoms with Crippen molar-refractivity contribution in [2.75, 3.05) is 0 Å². The number of nitro benzene ring substituents is 1. The second kappa shape index (κ2) is 14.0. The van der Waals surface area contributed by atoms with Crippen molar-refractivity contribution in [2.24, 2.45) is 5.92 Å². The predicted octanol–water partition coefficient (Wildman–Crippen LogP) is 4.47. The average Bonchev–Trinajstić information content (AvgIpc) is 3.00. The molecule has 0 fully saturated rings. The van der Waals surface area contributed by atoms with Crippen molar-refractivity contribution < 1.29 is 28.1 Å². The fraction of sp³-hybridized carbons (Fsp3) is 0.233. The summed E-state index contributed by atoms with van der Waals surface area (Å²) in [5.74, 6) is -1.20. The third kappa shape index (κ3) is 7.77. The van der Waals surface area contributed by atoms with E-state index in [1.165, 1.54) is 36.7 Å². The number of aromatic nitrogens is 2. The molecule has 0 unspecified atom stereocenters. The van der Waals surface area contributed by atoms with Crippen LogP contribution in [0.15, 0.2) is 102 Å². The number of para-hydroxylation sites is 1. The number of nitro groups is 1. The number of rotatable bonds is 13. The van der Waals surface area contributed by atoms with E-state index < -0.39 is 43.4 Å². The number of hydroxylamine groups is 2. The maximum Gasteiger partial charge on any atom is 0.289 e. The van der Waals surface area contributed by atoms with Crippen LogP contribution in [0.5, 0.6) is 5.75 Å². The monoisotopic (exact) mass is 605 g/mol. The van der Waals surface area contributed by atoms with Crippen molar-refractivity contribution in [1.82, 2.24) is 19.3 Å². The Labute approximate surface area is 249 Å². The molecular formula is C30H31N5O7S. The minimum atomic E-state index is -4.62. The van der Waals surface area contributed by atoms with Crippen molar-refractivity contribution in [3.63, 3.8) is 0 Å². The third-order valence-electron chi connectivity index (χ3n) is 6.52. The van der Waals surface area contributed by atoms with Gasteiger partial charge < -0.3 is 5.11 Å². The van der Waals surface area contributed by atoms with E-state index in [4.69, 9.17) is 4.84 Å². The van der Waals surface area contributed by atoms with Gasteiger partial charge in [-0.15, -0.1) is 0 Å². The number of phenolic OH excluding ortho intramolecular Hbond substituents is 1. The molecule has 0 radical (unpaired) electrons. The number of aromatic hydroxyl groups is 1. The topological polar surface area (TPSA) is 156 Å². The maximum atomic E-state index is 14.4. The zero-order valence-corrected chi connectivity index (χ0v) is 24.4. The molecule has 0 aliphatic heterocycles. The number of sulfonamides is 1. The van der Waals surface area contributed by atoms with Crippen LogP contribution in [-0.4, -0.2) is 49.7 Å². The molecule has 2 aromatic heterocycles. The number of amides is 1. The zero-order valence-electron chi connectivity index (χ0n) is 23.6. The average molecular weight is 606 g/mol. The highest BCUT2D eigenvalue weighted by Gasteiger charge is 2.42. The highest BCUT2D eigenvalue weighted by molar-refractivity contribution is 7.89.